The van der Waals surface area contributed by atoms with E-state index in [4.69, 9.17) is 9.47 Å². The zero-order valence-electron chi connectivity index (χ0n) is 12.0. The number of carbonyl (C=O) groups excluding carboxylic acids is 1. The van der Waals surface area contributed by atoms with Gasteiger partial charge in [0.2, 0.25) is 0 Å². The van der Waals surface area contributed by atoms with Crippen LogP contribution in [0.1, 0.15) is 24.8 Å². The standard InChI is InChI=1S/C16H23NO3/c1-19-16(18)15(17-14-9-10-14)12-20-11-5-8-13-6-3-2-4-7-13/h2-4,6-7,14-15,17H,5,8-12H2,1H3. The van der Waals surface area contributed by atoms with E-state index in [1.807, 2.05) is 18.2 Å². The van der Waals surface area contributed by atoms with Gasteiger partial charge in [0.15, 0.2) is 0 Å². The van der Waals surface area contributed by atoms with E-state index >= 15 is 0 Å². The fourth-order valence-corrected chi connectivity index (χ4v) is 2.09. The van der Waals surface area contributed by atoms with Gasteiger partial charge in [0.25, 0.3) is 0 Å². The van der Waals surface area contributed by atoms with E-state index in [2.05, 4.69) is 17.4 Å². The highest BCUT2D eigenvalue weighted by molar-refractivity contribution is 5.75. The van der Waals surface area contributed by atoms with Crippen molar-refractivity contribution in [3.63, 3.8) is 0 Å². The van der Waals surface area contributed by atoms with Gasteiger partial charge < -0.3 is 9.47 Å². The summed E-state index contributed by atoms with van der Waals surface area (Å²) in [6.07, 6.45) is 4.24. The van der Waals surface area contributed by atoms with Crippen LogP contribution in [0.25, 0.3) is 0 Å². The van der Waals surface area contributed by atoms with Crippen LogP contribution in [0.4, 0.5) is 0 Å². The van der Waals surface area contributed by atoms with Gasteiger partial charge in [0, 0.05) is 12.6 Å². The Morgan fingerprint density at radius 1 is 1.35 bits per heavy atom. The molecular weight excluding hydrogens is 254 g/mol. The number of hydrogen-bond acceptors (Lipinski definition) is 4. The van der Waals surface area contributed by atoms with Crippen molar-refractivity contribution in [2.75, 3.05) is 20.3 Å². The van der Waals surface area contributed by atoms with Crippen LogP contribution in [0, 0.1) is 0 Å². The zero-order valence-corrected chi connectivity index (χ0v) is 12.0. The van der Waals surface area contributed by atoms with Gasteiger partial charge in [-0.3, -0.25) is 10.1 Å². The molecule has 1 saturated carbocycles. The Hall–Kier alpha value is -1.39. The van der Waals surface area contributed by atoms with Crippen molar-refractivity contribution in [3.8, 4) is 0 Å². The van der Waals surface area contributed by atoms with Crippen molar-refractivity contribution in [2.24, 2.45) is 0 Å². The number of benzene rings is 1. The number of carbonyl (C=O) groups is 1. The maximum Gasteiger partial charge on any atom is 0.325 e. The molecule has 0 aromatic heterocycles. The van der Waals surface area contributed by atoms with Gasteiger partial charge in [-0.1, -0.05) is 30.3 Å². The summed E-state index contributed by atoms with van der Waals surface area (Å²) in [6.45, 7) is 1.05. The van der Waals surface area contributed by atoms with Gasteiger partial charge in [-0.15, -0.1) is 0 Å². The molecule has 1 aliphatic carbocycles. The quantitative estimate of drug-likeness (QED) is 0.553. The lowest BCUT2D eigenvalue weighted by Gasteiger charge is -2.16. The first kappa shape index (κ1) is 15.0. The SMILES string of the molecule is COC(=O)C(COCCCc1ccccc1)NC1CC1. The summed E-state index contributed by atoms with van der Waals surface area (Å²) in [6, 6.07) is 10.5. The zero-order chi connectivity index (χ0) is 14.2. The monoisotopic (exact) mass is 277 g/mol. The number of nitrogens with one attached hydrogen (secondary N) is 1. The third kappa shape index (κ3) is 5.31. The molecule has 1 fully saturated rings. The minimum absolute atomic E-state index is 0.236. The summed E-state index contributed by atoms with van der Waals surface area (Å²) in [5.74, 6) is -0.236. The van der Waals surface area contributed by atoms with Gasteiger partial charge in [0.05, 0.1) is 13.7 Å². The van der Waals surface area contributed by atoms with E-state index in [1.165, 1.54) is 12.7 Å². The molecule has 20 heavy (non-hydrogen) atoms. The van der Waals surface area contributed by atoms with Gasteiger partial charge in [-0.2, -0.15) is 0 Å². The first-order chi connectivity index (χ1) is 9.79. The van der Waals surface area contributed by atoms with E-state index in [0.717, 1.165) is 25.7 Å². The summed E-state index contributed by atoms with van der Waals surface area (Å²) >= 11 is 0. The van der Waals surface area contributed by atoms with Crippen molar-refractivity contribution < 1.29 is 14.3 Å². The van der Waals surface area contributed by atoms with Gasteiger partial charge in [-0.25, -0.2) is 0 Å². The van der Waals surface area contributed by atoms with Gasteiger partial charge in [0.1, 0.15) is 6.04 Å². The fraction of sp³-hybridized carbons (Fsp3) is 0.562. The molecular formula is C16H23NO3. The molecule has 1 aromatic rings. The van der Waals surface area contributed by atoms with Crippen LogP contribution in [0.15, 0.2) is 30.3 Å². The van der Waals surface area contributed by atoms with E-state index in [9.17, 15) is 4.79 Å². The third-order valence-corrected chi connectivity index (χ3v) is 3.38. The molecule has 1 aromatic carbocycles. The highest BCUT2D eigenvalue weighted by Crippen LogP contribution is 2.19. The molecule has 1 N–H and O–H groups in total. The average Bonchev–Trinajstić information content (AvgIpc) is 3.30. The van der Waals surface area contributed by atoms with Crippen molar-refractivity contribution in [1.29, 1.82) is 0 Å². The van der Waals surface area contributed by atoms with Crippen molar-refractivity contribution in [1.82, 2.24) is 5.32 Å². The molecule has 1 atom stereocenters. The van der Waals surface area contributed by atoms with Crippen LogP contribution in [0.5, 0.6) is 0 Å². The van der Waals surface area contributed by atoms with E-state index in [-0.39, 0.29) is 12.0 Å². The lowest BCUT2D eigenvalue weighted by atomic mass is 10.1. The lowest BCUT2D eigenvalue weighted by Crippen LogP contribution is -2.42. The number of aryl methyl sites for hydroxylation is 1. The Balaban J connectivity index is 1.61. The second-order valence-electron chi connectivity index (χ2n) is 5.18. The van der Waals surface area contributed by atoms with Crippen LogP contribution in [0.2, 0.25) is 0 Å². The Kier molecular flexibility index (Phi) is 6.02. The van der Waals surface area contributed by atoms with Crippen molar-refractivity contribution >= 4 is 5.97 Å². The number of rotatable bonds is 9. The largest absolute Gasteiger partial charge is 0.468 e. The highest BCUT2D eigenvalue weighted by Gasteiger charge is 2.28. The Bertz CT molecular complexity index is 403. The van der Waals surface area contributed by atoms with Crippen molar-refractivity contribution in [2.45, 2.75) is 37.8 Å². The molecule has 0 radical (unpaired) electrons. The molecule has 0 saturated heterocycles. The molecule has 0 heterocycles. The lowest BCUT2D eigenvalue weighted by molar-refractivity contribution is -0.144. The fourth-order valence-electron chi connectivity index (χ4n) is 2.09. The Labute approximate surface area is 120 Å². The molecule has 0 spiro atoms. The van der Waals surface area contributed by atoms with E-state index < -0.39 is 0 Å². The highest BCUT2D eigenvalue weighted by atomic mass is 16.5. The number of esters is 1. The van der Waals surface area contributed by atoms with Crippen LogP contribution < -0.4 is 5.32 Å². The number of hydrogen-bond donors (Lipinski definition) is 1. The van der Waals surface area contributed by atoms with Gasteiger partial charge >= 0.3 is 5.97 Å². The van der Waals surface area contributed by atoms with Crippen LogP contribution in [-0.4, -0.2) is 38.4 Å². The van der Waals surface area contributed by atoms with E-state index in [0.29, 0.717) is 19.3 Å². The summed E-state index contributed by atoms with van der Waals surface area (Å²) in [7, 11) is 1.42. The minimum atomic E-state index is -0.329. The molecule has 110 valence electrons. The summed E-state index contributed by atoms with van der Waals surface area (Å²) in [5, 5.41) is 3.25. The topological polar surface area (TPSA) is 47.6 Å². The molecule has 0 aliphatic heterocycles. The number of ether oxygens (including phenoxy) is 2. The van der Waals surface area contributed by atoms with Gasteiger partial charge in [-0.05, 0) is 31.2 Å². The average molecular weight is 277 g/mol. The first-order valence-electron chi connectivity index (χ1n) is 7.25. The molecule has 4 heteroatoms. The minimum Gasteiger partial charge on any atom is -0.468 e. The molecule has 4 nitrogen and oxygen atoms in total. The number of methoxy groups -OCH3 is 1. The summed E-state index contributed by atoms with van der Waals surface area (Å²) in [5.41, 5.74) is 1.32. The molecule has 0 bridgehead atoms. The summed E-state index contributed by atoms with van der Waals surface area (Å²) < 4.78 is 10.4. The van der Waals surface area contributed by atoms with Crippen LogP contribution in [-0.2, 0) is 20.7 Å². The summed E-state index contributed by atoms with van der Waals surface area (Å²) in [4.78, 5) is 11.6. The predicted octanol–water partition coefficient (Wildman–Crippen LogP) is 1.93. The Morgan fingerprint density at radius 3 is 2.75 bits per heavy atom. The third-order valence-electron chi connectivity index (χ3n) is 3.38. The predicted molar refractivity (Wildman–Crippen MR) is 77.5 cm³/mol. The van der Waals surface area contributed by atoms with Crippen molar-refractivity contribution in [3.05, 3.63) is 35.9 Å². The molecule has 1 aliphatic rings. The molecule has 0 amide bonds. The first-order valence-corrected chi connectivity index (χ1v) is 7.25. The van der Waals surface area contributed by atoms with Crippen LogP contribution >= 0.6 is 0 Å². The van der Waals surface area contributed by atoms with Crippen LogP contribution in [0.3, 0.4) is 0 Å². The maximum atomic E-state index is 11.6. The second-order valence-corrected chi connectivity index (χ2v) is 5.18. The molecule has 1 unspecified atom stereocenters. The Morgan fingerprint density at radius 2 is 2.10 bits per heavy atom. The molecule has 2 rings (SSSR count). The van der Waals surface area contributed by atoms with E-state index in [1.54, 1.807) is 0 Å². The second kappa shape index (κ2) is 8.02. The smallest absolute Gasteiger partial charge is 0.325 e. The normalized spacial score (nSPS) is 15.8. The maximum absolute atomic E-state index is 11.6.